The third-order valence-corrected chi connectivity index (χ3v) is 8.29. The maximum absolute atomic E-state index is 13.0. The Morgan fingerprint density at radius 1 is 1.10 bits per heavy atom. The zero-order valence-electron chi connectivity index (χ0n) is 22.0. The number of carbonyl (C=O) groups excluding carboxylic acids is 4. The number of thioether (sulfide) groups is 1. The van der Waals surface area contributed by atoms with Gasteiger partial charge >= 0.3 is 5.97 Å². The smallest absolute Gasteiger partial charge is 0.330 e. The number of ether oxygens (including phenoxy) is 1. The Morgan fingerprint density at radius 3 is 2.38 bits per heavy atom. The van der Waals surface area contributed by atoms with Crippen LogP contribution in [0.15, 0.2) is 53.4 Å². The van der Waals surface area contributed by atoms with Gasteiger partial charge in [-0.2, -0.15) is 0 Å². The molecule has 0 spiro atoms. The number of amides is 3. The van der Waals surface area contributed by atoms with Crippen LogP contribution in [-0.2, 0) is 19.1 Å². The Hall–Kier alpha value is -3.01. The monoisotopic (exact) mass is 591 g/mol. The van der Waals surface area contributed by atoms with E-state index in [0.29, 0.717) is 47.1 Å². The largest absolute Gasteiger partial charge is 0.467 e. The van der Waals surface area contributed by atoms with Crippen LogP contribution >= 0.6 is 35.0 Å². The van der Waals surface area contributed by atoms with E-state index in [0.717, 1.165) is 4.90 Å². The summed E-state index contributed by atoms with van der Waals surface area (Å²) in [5.41, 5.74) is 1.12. The van der Waals surface area contributed by atoms with Crippen LogP contribution in [-0.4, -0.2) is 79.6 Å². The zero-order chi connectivity index (χ0) is 28.5. The van der Waals surface area contributed by atoms with Crippen LogP contribution < -0.4 is 5.32 Å². The van der Waals surface area contributed by atoms with Crippen LogP contribution in [0.2, 0.25) is 10.0 Å². The normalized spacial score (nSPS) is 14.6. The number of likely N-dealkylation sites (N-methyl/N-ethyl adjacent to an activating group) is 1. The summed E-state index contributed by atoms with van der Waals surface area (Å²) in [6, 6.07) is 11.3. The molecule has 1 aliphatic rings. The number of methoxy groups -OCH3 is 1. The molecular formula is C28H31Cl2N3O5S. The quantitative estimate of drug-likeness (QED) is 0.264. The fourth-order valence-corrected chi connectivity index (χ4v) is 5.40. The summed E-state index contributed by atoms with van der Waals surface area (Å²) in [6.07, 6.45) is 5.86. The molecule has 11 heteroatoms. The number of halogens is 2. The lowest BCUT2D eigenvalue weighted by Crippen LogP contribution is -2.52. The number of piperidine rings is 1. The molecule has 1 N–H and O–H groups in total. The third-order valence-electron chi connectivity index (χ3n) is 6.51. The van der Waals surface area contributed by atoms with Gasteiger partial charge in [0.1, 0.15) is 6.04 Å². The third kappa shape index (κ3) is 8.00. The van der Waals surface area contributed by atoms with Crippen LogP contribution in [0.4, 0.5) is 0 Å². The molecule has 3 amide bonds. The van der Waals surface area contributed by atoms with Gasteiger partial charge in [-0.25, -0.2) is 4.79 Å². The summed E-state index contributed by atoms with van der Waals surface area (Å²) < 4.78 is 4.86. The molecule has 0 bridgehead atoms. The number of hydrogen-bond donors (Lipinski definition) is 1. The molecule has 1 heterocycles. The fraction of sp³-hybridized carbons (Fsp3) is 0.357. The van der Waals surface area contributed by atoms with Crippen molar-refractivity contribution in [2.75, 3.05) is 40.0 Å². The first-order valence-corrected chi connectivity index (χ1v) is 14.3. The van der Waals surface area contributed by atoms with Gasteiger partial charge in [-0.1, -0.05) is 47.5 Å². The minimum absolute atomic E-state index is 0.0429. The summed E-state index contributed by atoms with van der Waals surface area (Å²) in [6.45, 7) is 0.728. The summed E-state index contributed by atoms with van der Waals surface area (Å²) in [7, 11) is 2.80. The second kappa shape index (κ2) is 14.4. The number of benzene rings is 2. The highest BCUT2D eigenvalue weighted by molar-refractivity contribution is 7.98. The standard InChI is InChI=1S/C28H31Cl2N3O5S/c1-32(27(36)20-7-5-4-6-8-20)17-21(28(37)38-2)31-26(35)19-13-15-33(16-14-19)23(34)12-10-18-9-11-22(39-3)25(30)24(18)29/h4-12,19,21H,13-17H2,1-3H3,(H,31,35). The maximum atomic E-state index is 13.0. The topological polar surface area (TPSA) is 96.0 Å². The van der Waals surface area contributed by atoms with E-state index in [1.165, 1.54) is 29.8 Å². The van der Waals surface area contributed by atoms with Gasteiger partial charge in [0, 0.05) is 42.6 Å². The summed E-state index contributed by atoms with van der Waals surface area (Å²) in [4.78, 5) is 54.7. The van der Waals surface area contributed by atoms with Gasteiger partial charge < -0.3 is 19.9 Å². The van der Waals surface area contributed by atoms with Crippen LogP contribution in [0.5, 0.6) is 0 Å². The first kappa shape index (κ1) is 30.5. The van der Waals surface area contributed by atoms with Crippen LogP contribution in [0, 0.1) is 5.92 Å². The number of rotatable bonds is 9. The molecule has 2 aromatic rings. The first-order chi connectivity index (χ1) is 18.7. The van der Waals surface area contributed by atoms with Gasteiger partial charge in [0.15, 0.2) is 0 Å². The van der Waals surface area contributed by atoms with E-state index in [1.807, 2.05) is 18.4 Å². The first-order valence-electron chi connectivity index (χ1n) is 12.3. The molecule has 1 saturated heterocycles. The molecule has 39 heavy (non-hydrogen) atoms. The van der Waals surface area contributed by atoms with Crippen molar-refractivity contribution in [3.8, 4) is 0 Å². The molecule has 8 nitrogen and oxygen atoms in total. The van der Waals surface area contributed by atoms with Crippen molar-refractivity contribution in [1.29, 1.82) is 0 Å². The molecule has 208 valence electrons. The van der Waals surface area contributed by atoms with E-state index < -0.39 is 12.0 Å². The molecular weight excluding hydrogens is 561 g/mol. The number of hydrogen-bond acceptors (Lipinski definition) is 6. The average Bonchev–Trinajstić information content (AvgIpc) is 2.96. The summed E-state index contributed by atoms with van der Waals surface area (Å²) in [5.74, 6) is -1.81. The van der Waals surface area contributed by atoms with E-state index in [4.69, 9.17) is 27.9 Å². The average molecular weight is 593 g/mol. The van der Waals surface area contributed by atoms with Crippen LogP contribution in [0.25, 0.3) is 6.08 Å². The van der Waals surface area contributed by atoms with Gasteiger partial charge in [-0.15, -0.1) is 11.8 Å². The second-order valence-corrected chi connectivity index (χ2v) is 10.7. The Bertz CT molecular complexity index is 1230. The van der Waals surface area contributed by atoms with Crippen molar-refractivity contribution in [2.24, 2.45) is 5.92 Å². The summed E-state index contributed by atoms with van der Waals surface area (Å²) in [5, 5.41) is 3.57. The minimum Gasteiger partial charge on any atom is -0.467 e. The number of nitrogens with zero attached hydrogens (tertiary/aromatic N) is 2. The lowest BCUT2D eigenvalue weighted by molar-refractivity contribution is -0.146. The Labute approximate surface area is 242 Å². The predicted molar refractivity (Wildman–Crippen MR) is 154 cm³/mol. The van der Waals surface area contributed by atoms with E-state index in [1.54, 1.807) is 48.4 Å². The van der Waals surface area contributed by atoms with Gasteiger partial charge in [0.2, 0.25) is 11.8 Å². The van der Waals surface area contributed by atoms with Crippen molar-refractivity contribution in [3.63, 3.8) is 0 Å². The Kier molecular flexibility index (Phi) is 11.3. The van der Waals surface area contributed by atoms with Crippen molar-refractivity contribution in [1.82, 2.24) is 15.1 Å². The molecule has 0 aliphatic carbocycles. The van der Waals surface area contributed by atoms with Crippen molar-refractivity contribution >= 4 is 64.7 Å². The van der Waals surface area contributed by atoms with Crippen LogP contribution in [0.3, 0.4) is 0 Å². The molecule has 0 aromatic heterocycles. The highest BCUT2D eigenvalue weighted by Crippen LogP contribution is 2.35. The Balaban J connectivity index is 1.55. The lowest BCUT2D eigenvalue weighted by Gasteiger charge is -2.32. The molecule has 0 radical (unpaired) electrons. The number of likely N-dealkylation sites (tertiary alicyclic amines) is 1. The molecule has 0 saturated carbocycles. The van der Waals surface area contributed by atoms with E-state index in [2.05, 4.69) is 5.32 Å². The van der Waals surface area contributed by atoms with Crippen molar-refractivity contribution < 1.29 is 23.9 Å². The number of esters is 1. The van der Waals surface area contributed by atoms with Gasteiger partial charge in [0.25, 0.3) is 5.91 Å². The van der Waals surface area contributed by atoms with Gasteiger partial charge in [-0.05, 0) is 48.9 Å². The van der Waals surface area contributed by atoms with Crippen LogP contribution in [0.1, 0.15) is 28.8 Å². The second-order valence-electron chi connectivity index (χ2n) is 9.05. The minimum atomic E-state index is -1.02. The summed E-state index contributed by atoms with van der Waals surface area (Å²) >= 11 is 14.1. The number of carbonyl (C=O) groups is 4. The van der Waals surface area contributed by atoms with Crippen molar-refractivity contribution in [3.05, 3.63) is 69.7 Å². The number of nitrogens with one attached hydrogen (secondary N) is 1. The van der Waals surface area contributed by atoms with E-state index in [-0.39, 0.29) is 30.2 Å². The maximum Gasteiger partial charge on any atom is 0.330 e. The lowest BCUT2D eigenvalue weighted by atomic mass is 9.95. The van der Waals surface area contributed by atoms with E-state index >= 15 is 0 Å². The predicted octanol–water partition coefficient (Wildman–Crippen LogP) is 4.40. The molecule has 2 aromatic carbocycles. The SMILES string of the molecule is COC(=O)C(CN(C)C(=O)c1ccccc1)NC(=O)C1CCN(C(=O)C=Cc2ccc(SC)c(Cl)c2Cl)CC1. The van der Waals surface area contributed by atoms with Gasteiger partial charge in [-0.3, -0.25) is 14.4 Å². The van der Waals surface area contributed by atoms with Crippen molar-refractivity contribution in [2.45, 2.75) is 23.8 Å². The highest BCUT2D eigenvalue weighted by Gasteiger charge is 2.31. The molecule has 1 fully saturated rings. The molecule has 3 rings (SSSR count). The zero-order valence-corrected chi connectivity index (χ0v) is 24.3. The Morgan fingerprint density at radius 2 is 1.77 bits per heavy atom. The molecule has 1 aliphatic heterocycles. The highest BCUT2D eigenvalue weighted by atomic mass is 35.5. The van der Waals surface area contributed by atoms with Gasteiger partial charge in [0.05, 0.1) is 23.7 Å². The van der Waals surface area contributed by atoms with E-state index in [9.17, 15) is 19.2 Å². The fourth-order valence-electron chi connectivity index (χ4n) is 4.23. The molecule has 1 atom stereocenters. The molecule has 1 unspecified atom stereocenters.